The quantitative estimate of drug-likeness (QED) is 0.0274. The van der Waals surface area contributed by atoms with Crippen molar-refractivity contribution in [2.75, 3.05) is 94.9 Å². The summed E-state index contributed by atoms with van der Waals surface area (Å²) in [6.45, 7) is 14.6. The fourth-order valence-electron chi connectivity index (χ4n) is 16.1. The molecule has 0 saturated carbocycles. The average molecular weight is 2150 g/mol. The number of nitrogens with one attached hydrogen (secondary N) is 2. The van der Waals surface area contributed by atoms with E-state index >= 15 is 0 Å². The molecule has 792 valence electrons. The number of ether oxygens (including phenoxy) is 7. The number of rotatable bonds is 27. The number of aliphatic hydroxyl groups excluding tert-OH is 2. The Morgan fingerprint density at radius 1 is 0.419 bits per heavy atom. The van der Waals surface area contributed by atoms with E-state index in [-0.39, 0.29) is 97.1 Å². The fraction of sp³-hybridized carbons (Fsp3) is 0.363. The minimum Gasteiger partial charge on any atom is -0.497 e. The maximum atomic E-state index is 13.5. The van der Waals surface area contributed by atoms with Crippen molar-refractivity contribution in [1.82, 2.24) is 64.5 Å². The van der Waals surface area contributed by atoms with Gasteiger partial charge in [0.15, 0.2) is 0 Å². The van der Waals surface area contributed by atoms with E-state index in [2.05, 4.69) is 62.4 Å². The standard InChI is InChI=1S/C26H24FN3O2.C19H22N2O3.C18H16FN3O.C12H16N2O2.C8H9ClO.C8H7N.C6H6ClN.C6H11NO2.C5H9NO2.C2H6.CH3Cl.2CH5P.ClH/c1-31-23-9-2-18(3-10-23)16-32-17-22-8-11-24-29-25(19-4-6-21(27)7-5-19)26(30(22)24)20-12-14-28-15-13-20;1-23-18-5-2-16(3-6-18)13-24-14-17-4-7-19(22)21(17)12-15-8-10-20-11-9-15;19-14-3-1-12(2-4-14)17-18(13-7-9-20-10-8-13)22-15(11-23)5-6-16(22)21-17;1-16-9-11-2-3-12(15)14(11)8-10-4-6-13-7-5-10;1-10-8-4-2-7(6-9)3-5-8;1-7-2-4-8(6-9)5-3-7;7-5-6-1-3-8-4-2-6;1-9-4-5-2-3-6(8)7-5;7-3-4-1-2-5(8)6-4;4*1-2;/h2-7,9-10,12-15,22H,8,11,16-17H2,1H3;2-3,5-6,8-11,17H,4,7,12-14H2,1H3;1-4,7-10,15,23H,5-6,11H2;4-7,11H,2-3,8-9H2,1H3;2-5H,6H2,1H3;2-5H,1H3;1-4H,5H2;5H,2-4H2,1H3,(H,7,8);4,7H,1-3H2,(H,6,8);1-2H3;1H3;2*2H2,1H3;1H/t22-;17-;15-;11-;;;;5-;4-;;;;;/m0000...00...../s1/i;;;;;;;;;;;2*2T;. The number of pyridine rings is 5. The third kappa shape index (κ3) is 41.1. The highest BCUT2D eigenvalue weighted by Gasteiger charge is 2.35. The van der Waals surface area contributed by atoms with Gasteiger partial charge in [-0.3, -0.25) is 44.1 Å². The first-order chi connectivity index (χ1) is 72.7. The van der Waals surface area contributed by atoms with Crippen LogP contribution in [0.5, 0.6) is 17.2 Å². The Morgan fingerprint density at radius 3 is 1.09 bits per heavy atom. The number of carbonyl (C=O) groups is 4. The average Bonchev–Trinajstić information content (AvgIpc) is 1.60. The third-order valence-electron chi connectivity index (χ3n) is 23.6. The summed E-state index contributed by atoms with van der Waals surface area (Å²) in [7, 11) is 8.95. The van der Waals surface area contributed by atoms with E-state index in [1.165, 1.54) is 36.2 Å². The topological polar surface area (TPSA) is 328 Å². The van der Waals surface area contributed by atoms with Gasteiger partial charge in [-0.25, -0.2) is 18.7 Å². The molecule has 0 radical (unpaired) electrons. The lowest BCUT2D eigenvalue weighted by atomic mass is 10.0. The number of nitriles is 1. The molecule has 4 saturated heterocycles. The summed E-state index contributed by atoms with van der Waals surface area (Å²) in [5.74, 6) is 5.79. The van der Waals surface area contributed by atoms with E-state index in [1.807, 2.05) is 202 Å². The van der Waals surface area contributed by atoms with Crippen molar-refractivity contribution >= 4 is 89.2 Å². The van der Waals surface area contributed by atoms with Gasteiger partial charge < -0.3 is 72.9 Å². The second kappa shape index (κ2) is 71.5. The second-order valence-electron chi connectivity index (χ2n) is 33.3. The van der Waals surface area contributed by atoms with Crippen LogP contribution in [-0.2, 0) is 89.0 Å². The minimum absolute atomic E-state index is 0. The monoisotopic (exact) mass is 2140 g/mol. The Bertz CT molecular complexity index is 5950. The van der Waals surface area contributed by atoms with E-state index in [0.29, 0.717) is 109 Å². The molecule has 0 aliphatic carbocycles. The highest BCUT2D eigenvalue weighted by atomic mass is 35.5. The number of hydrogen-bond acceptors (Lipinski definition) is 21. The summed E-state index contributed by atoms with van der Waals surface area (Å²) in [4.78, 5) is 78.4. The van der Waals surface area contributed by atoms with Gasteiger partial charge in [0.25, 0.3) is 0 Å². The molecule has 0 spiro atoms. The van der Waals surface area contributed by atoms with Crippen molar-refractivity contribution in [2.24, 2.45) is 0 Å². The highest BCUT2D eigenvalue weighted by Crippen LogP contribution is 2.42. The predicted octanol–water partition coefficient (Wildman–Crippen LogP) is 21.3. The summed E-state index contributed by atoms with van der Waals surface area (Å²) in [6, 6.07) is 66.2. The van der Waals surface area contributed by atoms with Gasteiger partial charge in [0.1, 0.15) is 40.5 Å². The number of methoxy groups -OCH3 is 5. The largest absolute Gasteiger partial charge is 0.497 e. The molecule has 0 bridgehead atoms. The van der Waals surface area contributed by atoms with Gasteiger partial charge in [0.2, 0.25) is 23.6 Å². The molecular formula is C113H140Cl4F2N14O13P2. The van der Waals surface area contributed by atoms with Crippen molar-refractivity contribution < 1.29 is 71.3 Å². The number of fused-ring (bicyclic) bond motifs is 2. The normalized spacial score (nSPS) is 16.1. The van der Waals surface area contributed by atoms with Crippen LogP contribution in [-0.4, -0.2) is 209 Å². The predicted molar refractivity (Wildman–Crippen MR) is 591 cm³/mol. The minimum atomic E-state index is -0.265. The fourth-order valence-corrected chi connectivity index (χ4v) is 16.5. The summed E-state index contributed by atoms with van der Waals surface area (Å²) in [5.41, 5.74) is 16.1. The molecule has 35 heteroatoms. The Morgan fingerprint density at radius 2 is 0.757 bits per heavy atom. The molecule has 148 heavy (non-hydrogen) atoms. The van der Waals surface area contributed by atoms with Crippen LogP contribution in [0.15, 0.2) is 268 Å². The lowest BCUT2D eigenvalue weighted by Crippen LogP contribution is -2.35. The van der Waals surface area contributed by atoms with Crippen molar-refractivity contribution in [3.8, 4) is 68.3 Å². The maximum absolute atomic E-state index is 13.5. The van der Waals surface area contributed by atoms with Crippen molar-refractivity contribution in [2.45, 2.75) is 172 Å². The first-order valence-corrected chi connectivity index (χ1v) is 52.3. The molecule has 7 aromatic heterocycles. The molecule has 4 N–H and O–H groups in total. The number of aromatic nitrogens is 9. The summed E-state index contributed by atoms with van der Waals surface area (Å²) >= 11 is 15.7. The Labute approximate surface area is 898 Å². The number of hydrogen-bond donors (Lipinski definition) is 4. The first-order valence-electron chi connectivity index (χ1n) is 49.4. The van der Waals surface area contributed by atoms with Crippen LogP contribution in [0.1, 0.15) is 146 Å². The lowest BCUT2D eigenvalue weighted by Gasteiger charge is -2.24. The summed E-state index contributed by atoms with van der Waals surface area (Å²) in [6.07, 6.45) is 28.5. The number of aryl methyl sites for hydroxylation is 3. The lowest BCUT2D eigenvalue weighted by molar-refractivity contribution is -0.131. The highest BCUT2D eigenvalue weighted by molar-refractivity contribution is 7.15. The number of likely N-dealkylation sites (tertiary alicyclic amines) is 2. The second-order valence-corrected chi connectivity index (χ2v) is 33.8. The van der Waals surface area contributed by atoms with Crippen molar-refractivity contribution in [3.63, 3.8) is 0 Å². The molecule has 4 fully saturated rings. The number of carbonyl (C=O) groups excluding carboxylic acids is 4. The summed E-state index contributed by atoms with van der Waals surface area (Å²) in [5, 5.41) is 31.9. The van der Waals surface area contributed by atoms with E-state index in [4.69, 9.17) is 79.3 Å². The zero-order valence-corrected chi connectivity index (χ0v) is 91.0. The molecule has 8 atom stereocenters. The molecule has 6 aliphatic rings. The van der Waals surface area contributed by atoms with Crippen LogP contribution in [0.25, 0.3) is 45.0 Å². The van der Waals surface area contributed by atoms with Crippen molar-refractivity contribution in [3.05, 3.63) is 336 Å². The number of halogens is 6. The van der Waals surface area contributed by atoms with Crippen LogP contribution >= 0.6 is 65.6 Å². The van der Waals surface area contributed by atoms with Gasteiger partial charge in [0.05, 0.1) is 147 Å². The van der Waals surface area contributed by atoms with E-state index < -0.39 is 0 Å². The van der Waals surface area contributed by atoms with E-state index in [1.54, 1.807) is 122 Å². The van der Waals surface area contributed by atoms with E-state index in [0.717, 1.165) is 164 Å². The number of nitrogens with zero attached hydrogens (tertiary/aromatic N) is 12. The molecule has 27 nitrogen and oxygen atoms in total. The number of imidazole rings is 2. The molecule has 2 unspecified atom stereocenters. The van der Waals surface area contributed by atoms with Crippen LogP contribution < -0.4 is 24.8 Å². The zero-order valence-electron chi connectivity index (χ0n) is 87.9. The summed E-state index contributed by atoms with van der Waals surface area (Å²) < 4.78 is 80.9. The number of amides is 4. The number of benzene rings is 6. The van der Waals surface area contributed by atoms with Gasteiger partial charge in [-0.2, -0.15) is 5.26 Å². The molecule has 13 aromatic rings. The molecule has 6 aromatic carbocycles. The molecule has 4 amide bonds. The van der Waals surface area contributed by atoms with Crippen LogP contribution in [0.3, 0.4) is 0 Å². The zero-order chi connectivity index (χ0) is 108. The molecule has 6 aliphatic heterocycles. The van der Waals surface area contributed by atoms with Gasteiger partial charge in [-0.1, -0.05) is 81.3 Å². The number of aliphatic hydroxyl groups is 2. The van der Waals surface area contributed by atoms with Crippen LogP contribution in [0.2, 0.25) is 0 Å². The molecule has 19 rings (SSSR count). The Kier molecular flexibility index (Phi) is 58.5. The van der Waals surface area contributed by atoms with Gasteiger partial charge >= 0.3 is 0 Å². The van der Waals surface area contributed by atoms with Crippen molar-refractivity contribution in [1.29, 1.82) is 7.82 Å². The Hall–Kier alpha value is -12.1. The third-order valence-corrected chi connectivity index (χ3v) is 24.2. The van der Waals surface area contributed by atoms with Crippen LogP contribution in [0, 0.1) is 29.9 Å². The van der Waals surface area contributed by atoms with Gasteiger partial charge in [0, 0.05) is 168 Å². The maximum Gasteiger partial charge on any atom is 0.223 e. The van der Waals surface area contributed by atoms with Crippen LogP contribution in [0.4, 0.5) is 8.78 Å². The smallest absolute Gasteiger partial charge is 0.223 e. The first kappa shape index (κ1) is 121. The molecule has 13 heterocycles. The SMILES string of the molecule is CC.CCl.COC[C@@H]1CCC(=O)N1.COC[C@@H]1CCC(=O)N1Cc1ccncc1.COc1ccc(CCl)cc1.COc1ccc(COC[C@@H]2CCC(=O)N2Cc2ccncc2)cc1.COc1ccc(COC[C@@H]2CCc3nc(-c4ccc(F)cc4)c(-c4ccncc4)n32)cc1.Cc1ccc(C#N)cc1.Cl.ClCc1ccncc1.O=C1CC[C@@H](CO)N1.OC[C@@H]1CCc2nc(-c3ccc(F)cc3)c(-c3ccncc3)n21.[3H]PC.[3H]PC. The molecular weight excluding hydrogens is 2000 g/mol. The van der Waals surface area contributed by atoms with E-state index in [9.17, 15) is 33.1 Å². The number of alkyl halides is 3. The van der Waals surface area contributed by atoms with Gasteiger partial charge in [-0.05, 0) is 237 Å². The van der Waals surface area contributed by atoms with Gasteiger partial charge in [-0.15, -0.1) is 65.6 Å². The Balaban J connectivity index is 0.000000265.